The van der Waals surface area contributed by atoms with Crippen LogP contribution >= 0.6 is 11.6 Å². The molecule has 0 aliphatic carbocycles. The minimum absolute atomic E-state index is 0.0313. The molecule has 1 fully saturated rings. The van der Waals surface area contributed by atoms with Crippen LogP contribution < -0.4 is 14.4 Å². The lowest BCUT2D eigenvalue weighted by Gasteiger charge is -2.27. The van der Waals surface area contributed by atoms with E-state index in [2.05, 4.69) is 19.8 Å². The standard InChI is InChI=1S/C21H21ClN4O4S/c1-29-19-8-4-16(22)14-20(19)31(27,28)25-17-5-2-15(3-6-17)18-7-9-21(24-23-18)26-10-12-30-13-11-26/h2-9,14,25H,10-13H2,1H3. The molecule has 3 aromatic rings. The Balaban J connectivity index is 1.50. The van der Waals surface area contributed by atoms with E-state index in [0.717, 1.165) is 24.5 Å². The lowest BCUT2D eigenvalue weighted by atomic mass is 10.1. The minimum Gasteiger partial charge on any atom is -0.495 e. The van der Waals surface area contributed by atoms with E-state index in [4.69, 9.17) is 21.1 Å². The van der Waals surface area contributed by atoms with Crippen molar-refractivity contribution in [2.24, 2.45) is 0 Å². The van der Waals surface area contributed by atoms with Crippen molar-refractivity contribution in [1.29, 1.82) is 0 Å². The number of morpholine rings is 1. The molecule has 1 aromatic heterocycles. The molecule has 2 heterocycles. The minimum atomic E-state index is -3.88. The molecule has 10 heteroatoms. The van der Waals surface area contributed by atoms with E-state index in [1.165, 1.54) is 19.2 Å². The number of aromatic nitrogens is 2. The summed E-state index contributed by atoms with van der Waals surface area (Å²) in [5.41, 5.74) is 1.93. The van der Waals surface area contributed by atoms with Crippen LogP contribution in [0.25, 0.3) is 11.3 Å². The second-order valence-corrected chi connectivity index (χ2v) is 8.94. The molecule has 31 heavy (non-hydrogen) atoms. The highest BCUT2D eigenvalue weighted by Crippen LogP contribution is 2.29. The zero-order chi connectivity index (χ0) is 21.8. The molecule has 8 nitrogen and oxygen atoms in total. The summed E-state index contributed by atoms with van der Waals surface area (Å²) in [6.07, 6.45) is 0. The molecule has 0 saturated carbocycles. The quantitative estimate of drug-likeness (QED) is 0.602. The van der Waals surface area contributed by atoms with Crippen molar-refractivity contribution >= 4 is 33.1 Å². The maximum absolute atomic E-state index is 12.8. The Morgan fingerprint density at radius 1 is 1.03 bits per heavy atom. The average molecular weight is 461 g/mol. The summed E-state index contributed by atoms with van der Waals surface area (Å²) in [5.74, 6) is 1.02. The normalized spacial score (nSPS) is 14.3. The monoisotopic (exact) mass is 460 g/mol. The molecule has 0 atom stereocenters. The van der Waals surface area contributed by atoms with E-state index in [1.54, 1.807) is 30.3 Å². The van der Waals surface area contributed by atoms with E-state index >= 15 is 0 Å². The fourth-order valence-electron chi connectivity index (χ4n) is 3.22. The second-order valence-electron chi connectivity index (χ2n) is 6.85. The number of nitrogens with zero attached hydrogens (tertiary/aromatic N) is 3. The van der Waals surface area contributed by atoms with Gasteiger partial charge >= 0.3 is 0 Å². The topological polar surface area (TPSA) is 93.7 Å². The van der Waals surface area contributed by atoms with Crippen LogP contribution in [0.3, 0.4) is 0 Å². The van der Waals surface area contributed by atoms with Crippen LogP contribution in [0.15, 0.2) is 59.5 Å². The largest absolute Gasteiger partial charge is 0.495 e. The number of halogens is 1. The first-order valence-corrected chi connectivity index (χ1v) is 11.5. The lowest BCUT2D eigenvalue weighted by molar-refractivity contribution is 0.122. The summed E-state index contributed by atoms with van der Waals surface area (Å²) in [5, 5.41) is 8.92. The molecule has 2 aromatic carbocycles. The zero-order valence-electron chi connectivity index (χ0n) is 16.8. The summed E-state index contributed by atoms with van der Waals surface area (Å²) >= 11 is 5.96. The SMILES string of the molecule is COc1ccc(Cl)cc1S(=O)(=O)Nc1ccc(-c2ccc(N3CCOCC3)nn2)cc1. The van der Waals surface area contributed by atoms with Gasteiger partial charge in [0.15, 0.2) is 5.82 Å². The third-order valence-corrected chi connectivity index (χ3v) is 6.47. The van der Waals surface area contributed by atoms with Crippen molar-refractivity contribution in [3.8, 4) is 17.0 Å². The van der Waals surface area contributed by atoms with Crippen LogP contribution in [0, 0.1) is 0 Å². The maximum Gasteiger partial charge on any atom is 0.265 e. The predicted molar refractivity (Wildman–Crippen MR) is 119 cm³/mol. The second kappa shape index (κ2) is 9.09. The highest BCUT2D eigenvalue weighted by molar-refractivity contribution is 7.92. The summed E-state index contributed by atoms with van der Waals surface area (Å²) in [6, 6.07) is 15.2. The van der Waals surface area contributed by atoms with Crippen molar-refractivity contribution in [1.82, 2.24) is 10.2 Å². The van der Waals surface area contributed by atoms with Gasteiger partial charge in [-0.3, -0.25) is 4.72 Å². The van der Waals surface area contributed by atoms with Crippen LogP contribution in [0.4, 0.5) is 11.5 Å². The van der Waals surface area contributed by atoms with E-state index in [9.17, 15) is 8.42 Å². The first kappa shape index (κ1) is 21.4. The third kappa shape index (κ3) is 4.90. The fraction of sp³-hybridized carbons (Fsp3) is 0.238. The Bertz CT molecular complexity index is 1150. The van der Waals surface area contributed by atoms with Crippen molar-refractivity contribution in [3.05, 3.63) is 59.6 Å². The van der Waals surface area contributed by atoms with Gasteiger partial charge in [-0.05, 0) is 42.5 Å². The van der Waals surface area contributed by atoms with Crippen LogP contribution in [-0.2, 0) is 14.8 Å². The number of hydrogen-bond acceptors (Lipinski definition) is 7. The Morgan fingerprint density at radius 2 is 1.77 bits per heavy atom. The lowest BCUT2D eigenvalue weighted by Crippen LogP contribution is -2.36. The number of benzene rings is 2. The summed E-state index contributed by atoms with van der Waals surface area (Å²) < 4.78 is 38.6. The molecule has 4 rings (SSSR count). The number of nitrogens with one attached hydrogen (secondary N) is 1. The summed E-state index contributed by atoms with van der Waals surface area (Å²) in [4.78, 5) is 2.10. The first-order valence-electron chi connectivity index (χ1n) is 9.59. The third-order valence-electron chi connectivity index (χ3n) is 4.83. The van der Waals surface area contributed by atoms with Gasteiger partial charge in [-0.2, -0.15) is 0 Å². The van der Waals surface area contributed by atoms with Gasteiger partial charge in [0.1, 0.15) is 10.6 Å². The number of methoxy groups -OCH3 is 1. The molecule has 162 valence electrons. The van der Waals surface area contributed by atoms with Crippen molar-refractivity contribution in [3.63, 3.8) is 0 Å². The first-order chi connectivity index (χ1) is 15.0. The molecular weight excluding hydrogens is 440 g/mol. The van der Waals surface area contributed by atoms with Gasteiger partial charge < -0.3 is 14.4 Å². The van der Waals surface area contributed by atoms with Gasteiger partial charge in [0, 0.05) is 29.4 Å². The highest BCUT2D eigenvalue weighted by Gasteiger charge is 2.20. The molecule has 1 aliphatic rings. The molecule has 1 aliphatic heterocycles. The van der Waals surface area contributed by atoms with E-state index in [-0.39, 0.29) is 10.6 Å². The van der Waals surface area contributed by atoms with E-state index in [0.29, 0.717) is 29.6 Å². The number of rotatable bonds is 6. The fourth-order valence-corrected chi connectivity index (χ4v) is 4.71. The molecule has 0 bridgehead atoms. The predicted octanol–water partition coefficient (Wildman–Crippen LogP) is 3.44. The smallest absolute Gasteiger partial charge is 0.265 e. The molecule has 0 radical (unpaired) electrons. The van der Waals surface area contributed by atoms with Gasteiger partial charge in [0.25, 0.3) is 10.0 Å². The maximum atomic E-state index is 12.8. The van der Waals surface area contributed by atoms with Crippen LogP contribution in [0.5, 0.6) is 5.75 Å². The van der Waals surface area contributed by atoms with Gasteiger partial charge in [-0.1, -0.05) is 23.7 Å². The molecule has 0 amide bonds. The number of sulfonamides is 1. The Hall–Kier alpha value is -2.88. The van der Waals surface area contributed by atoms with Crippen molar-refractivity contribution < 1.29 is 17.9 Å². The van der Waals surface area contributed by atoms with Crippen molar-refractivity contribution in [2.45, 2.75) is 4.90 Å². The molecule has 1 N–H and O–H groups in total. The van der Waals surface area contributed by atoms with Gasteiger partial charge in [-0.15, -0.1) is 10.2 Å². The van der Waals surface area contributed by atoms with Crippen LogP contribution in [0.1, 0.15) is 0 Å². The Morgan fingerprint density at radius 3 is 2.42 bits per heavy atom. The summed E-state index contributed by atoms with van der Waals surface area (Å²) in [6.45, 7) is 2.95. The van der Waals surface area contributed by atoms with E-state index < -0.39 is 10.0 Å². The summed E-state index contributed by atoms with van der Waals surface area (Å²) in [7, 11) is -2.47. The van der Waals surface area contributed by atoms with E-state index in [1.807, 2.05) is 12.1 Å². The van der Waals surface area contributed by atoms with Gasteiger partial charge in [0.05, 0.1) is 26.0 Å². The Kier molecular flexibility index (Phi) is 6.26. The number of ether oxygens (including phenoxy) is 2. The molecular formula is C21H21ClN4O4S. The molecule has 1 saturated heterocycles. The Labute approximate surface area is 185 Å². The highest BCUT2D eigenvalue weighted by atomic mass is 35.5. The zero-order valence-corrected chi connectivity index (χ0v) is 18.4. The molecule has 0 spiro atoms. The van der Waals surface area contributed by atoms with Crippen LogP contribution in [-0.4, -0.2) is 52.0 Å². The van der Waals surface area contributed by atoms with Gasteiger partial charge in [-0.25, -0.2) is 8.42 Å². The van der Waals surface area contributed by atoms with Crippen LogP contribution in [0.2, 0.25) is 5.02 Å². The number of hydrogen-bond donors (Lipinski definition) is 1. The van der Waals surface area contributed by atoms with Gasteiger partial charge in [0.2, 0.25) is 0 Å². The number of anilines is 2. The average Bonchev–Trinajstić information content (AvgIpc) is 2.80. The van der Waals surface area contributed by atoms with Crippen molar-refractivity contribution in [2.75, 3.05) is 43.0 Å². The molecule has 0 unspecified atom stereocenters.